The molecule has 2 aromatic rings. The van der Waals surface area contributed by atoms with E-state index in [4.69, 9.17) is 4.74 Å². The smallest absolute Gasteiger partial charge is 0.224 e. The van der Waals surface area contributed by atoms with Crippen LogP contribution in [0.5, 0.6) is 5.75 Å². The largest absolute Gasteiger partial charge is 0.489 e. The summed E-state index contributed by atoms with van der Waals surface area (Å²) < 4.78 is 5.75. The predicted octanol–water partition coefficient (Wildman–Crippen LogP) is 5.32. The van der Waals surface area contributed by atoms with Crippen molar-refractivity contribution >= 4 is 17.5 Å². The lowest BCUT2D eigenvalue weighted by Gasteiger charge is -2.15. The van der Waals surface area contributed by atoms with Gasteiger partial charge in [-0.3, -0.25) is 9.59 Å². The third-order valence-electron chi connectivity index (χ3n) is 5.10. The molecular weight excluding hydrogens is 376 g/mol. The molecule has 0 bridgehead atoms. The molecule has 5 nitrogen and oxygen atoms in total. The number of unbranched alkanes of at least 4 members (excludes halogenated alkanes) is 1. The number of ether oxygens (including phenoxy) is 1. The maximum Gasteiger partial charge on any atom is 0.224 e. The van der Waals surface area contributed by atoms with Crippen LogP contribution in [0.1, 0.15) is 57.9 Å². The van der Waals surface area contributed by atoms with Crippen molar-refractivity contribution in [2.45, 2.75) is 59.0 Å². The lowest BCUT2D eigenvalue weighted by molar-refractivity contribution is -0.124. The maximum atomic E-state index is 12.1. The highest BCUT2D eigenvalue weighted by Crippen LogP contribution is 2.17. The van der Waals surface area contributed by atoms with Crippen LogP contribution in [-0.4, -0.2) is 18.4 Å². The minimum Gasteiger partial charge on any atom is -0.489 e. The second-order valence-corrected chi connectivity index (χ2v) is 7.57. The van der Waals surface area contributed by atoms with E-state index in [2.05, 4.69) is 24.5 Å². The summed E-state index contributed by atoms with van der Waals surface area (Å²) in [5, 5.41) is 5.79. The first-order chi connectivity index (χ1) is 14.6. The SMILES string of the molecule is CCCC[C@@H](CC)CNC(=O)CCC(=O)Nc1ccc(OCc2ccccc2)cc1. The number of benzene rings is 2. The molecule has 30 heavy (non-hydrogen) atoms. The molecule has 162 valence electrons. The van der Waals surface area contributed by atoms with E-state index in [1.165, 1.54) is 12.8 Å². The first kappa shape index (κ1) is 23.5. The third kappa shape index (κ3) is 9.12. The zero-order valence-corrected chi connectivity index (χ0v) is 18.2. The summed E-state index contributed by atoms with van der Waals surface area (Å²) in [6, 6.07) is 17.2. The predicted molar refractivity (Wildman–Crippen MR) is 121 cm³/mol. The fraction of sp³-hybridized carbons (Fsp3) is 0.440. The van der Waals surface area contributed by atoms with Crippen molar-refractivity contribution in [2.24, 2.45) is 5.92 Å². The summed E-state index contributed by atoms with van der Waals surface area (Å²) in [6.07, 6.45) is 4.93. The molecular formula is C25H34N2O3. The van der Waals surface area contributed by atoms with Gasteiger partial charge in [0.15, 0.2) is 0 Å². The van der Waals surface area contributed by atoms with Crippen LogP contribution in [0.15, 0.2) is 54.6 Å². The number of anilines is 1. The van der Waals surface area contributed by atoms with Gasteiger partial charge in [-0.05, 0) is 42.2 Å². The van der Waals surface area contributed by atoms with Crippen molar-refractivity contribution in [3.8, 4) is 5.75 Å². The van der Waals surface area contributed by atoms with Crippen LogP contribution in [-0.2, 0) is 16.2 Å². The minimum atomic E-state index is -0.166. The Hall–Kier alpha value is -2.82. The number of carbonyl (C=O) groups excluding carboxylic acids is 2. The van der Waals surface area contributed by atoms with E-state index in [1.807, 2.05) is 42.5 Å². The van der Waals surface area contributed by atoms with Crippen LogP contribution >= 0.6 is 0 Å². The summed E-state index contributed by atoms with van der Waals surface area (Å²) in [6.45, 7) is 5.52. The lowest BCUT2D eigenvalue weighted by atomic mass is 9.99. The van der Waals surface area contributed by atoms with E-state index < -0.39 is 0 Å². The van der Waals surface area contributed by atoms with Crippen molar-refractivity contribution in [3.05, 3.63) is 60.2 Å². The van der Waals surface area contributed by atoms with Gasteiger partial charge in [0, 0.05) is 25.1 Å². The Kier molecular flexibility index (Phi) is 10.5. The van der Waals surface area contributed by atoms with E-state index >= 15 is 0 Å². The molecule has 2 amide bonds. The lowest BCUT2D eigenvalue weighted by Crippen LogP contribution is -2.29. The van der Waals surface area contributed by atoms with Gasteiger partial charge in [0.25, 0.3) is 0 Å². The Labute approximate surface area is 180 Å². The Bertz CT molecular complexity index is 760. The molecule has 2 aromatic carbocycles. The average molecular weight is 411 g/mol. The first-order valence-corrected chi connectivity index (χ1v) is 10.9. The van der Waals surface area contributed by atoms with Gasteiger partial charge >= 0.3 is 0 Å². The third-order valence-corrected chi connectivity index (χ3v) is 5.10. The van der Waals surface area contributed by atoms with Crippen LogP contribution in [0.3, 0.4) is 0 Å². The van der Waals surface area contributed by atoms with Gasteiger partial charge in [-0.15, -0.1) is 0 Å². The number of hydrogen-bond donors (Lipinski definition) is 2. The van der Waals surface area contributed by atoms with Crippen LogP contribution in [0.2, 0.25) is 0 Å². The summed E-state index contributed by atoms with van der Waals surface area (Å²) in [7, 11) is 0. The van der Waals surface area contributed by atoms with Gasteiger partial charge in [-0.25, -0.2) is 0 Å². The van der Waals surface area contributed by atoms with Crippen molar-refractivity contribution in [1.29, 1.82) is 0 Å². The molecule has 0 unspecified atom stereocenters. The molecule has 5 heteroatoms. The Balaban J connectivity index is 1.67. The molecule has 2 rings (SSSR count). The van der Waals surface area contributed by atoms with E-state index in [-0.39, 0.29) is 24.7 Å². The number of carbonyl (C=O) groups is 2. The molecule has 0 saturated heterocycles. The van der Waals surface area contributed by atoms with Gasteiger partial charge in [0.1, 0.15) is 12.4 Å². The summed E-state index contributed by atoms with van der Waals surface area (Å²) in [5.41, 5.74) is 1.79. The Morgan fingerprint density at radius 1 is 0.933 bits per heavy atom. The highest BCUT2D eigenvalue weighted by molar-refractivity contribution is 5.93. The van der Waals surface area contributed by atoms with E-state index in [9.17, 15) is 9.59 Å². The molecule has 0 aliphatic rings. The zero-order valence-electron chi connectivity index (χ0n) is 18.2. The number of rotatable bonds is 13. The van der Waals surface area contributed by atoms with E-state index in [0.29, 0.717) is 24.8 Å². The van der Waals surface area contributed by atoms with Crippen LogP contribution in [0, 0.1) is 5.92 Å². The molecule has 0 aromatic heterocycles. The normalized spacial score (nSPS) is 11.5. The second-order valence-electron chi connectivity index (χ2n) is 7.57. The van der Waals surface area contributed by atoms with Gasteiger partial charge in [0.2, 0.25) is 11.8 Å². The quantitative estimate of drug-likeness (QED) is 0.470. The van der Waals surface area contributed by atoms with Crippen molar-refractivity contribution in [2.75, 3.05) is 11.9 Å². The fourth-order valence-corrected chi connectivity index (χ4v) is 3.12. The molecule has 0 fully saturated rings. The Morgan fingerprint density at radius 2 is 1.63 bits per heavy atom. The van der Waals surface area contributed by atoms with Crippen LogP contribution < -0.4 is 15.4 Å². The summed E-state index contributed by atoms with van der Waals surface area (Å²) >= 11 is 0. The van der Waals surface area contributed by atoms with Crippen LogP contribution in [0.4, 0.5) is 5.69 Å². The summed E-state index contributed by atoms with van der Waals surface area (Å²) in [4.78, 5) is 24.1. The Morgan fingerprint density at radius 3 is 2.30 bits per heavy atom. The molecule has 0 heterocycles. The van der Waals surface area contributed by atoms with Crippen LogP contribution in [0.25, 0.3) is 0 Å². The topological polar surface area (TPSA) is 67.4 Å². The molecule has 0 aliphatic carbocycles. The van der Waals surface area contributed by atoms with Gasteiger partial charge < -0.3 is 15.4 Å². The number of amides is 2. The van der Waals surface area contributed by atoms with Crippen molar-refractivity contribution in [3.63, 3.8) is 0 Å². The molecule has 0 spiro atoms. The maximum absolute atomic E-state index is 12.1. The molecule has 1 atom stereocenters. The first-order valence-electron chi connectivity index (χ1n) is 10.9. The van der Waals surface area contributed by atoms with Gasteiger partial charge in [-0.1, -0.05) is 63.4 Å². The summed E-state index contributed by atoms with van der Waals surface area (Å²) in [5.74, 6) is 1.03. The zero-order chi connectivity index (χ0) is 21.6. The molecule has 2 N–H and O–H groups in total. The molecule has 0 aliphatic heterocycles. The molecule has 0 radical (unpaired) electrons. The van der Waals surface area contributed by atoms with Crippen molar-refractivity contribution < 1.29 is 14.3 Å². The minimum absolute atomic E-state index is 0.0650. The van der Waals surface area contributed by atoms with Gasteiger partial charge in [0.05, 0.1) is 0 Å². The molecule has 0 saturated carbocycles. The van der Waals surface area contributed by atoms with E-state index in [0.717, 1.165) is 24.2 Å². The highest BCUT2D eigenvalue weighted by Gasteiger charge is 2.10. The second kappa shape index (κ2) is 13.4. The average Bonchev–Trinajstić information content (AvgIpc) is 2.78. The fourth-order valence-electron chi connectivity index (χ4n) is 3.12. The van der Waals surface area contributed by atoms with E-state index in [1.54, 1.807) is 12.1 Å². The monoisotopic (exact) mass is 410 g/mol. The van der Waals surface area contributed by atoms with Crippen molar-refractivity contribution in [1.82, 2.24) is 5.32 Å². The number of hydrogen-bond acceptors (Lipinski definition) is 3. The highest BCUT2D eigenvalue weighted by atomic mass is 16.5. The standard InChI is InChI=1S/C25H34N2O3/c1-3-5-9-20(4-2)18-26-24(28)16-17-25(29)27-22-12-14-23(15-13-22)30-19-21-10-7-6-8-11-21/h6-8,10-15,20H,3-5,9,16-19H2,1-2H3,(H,26,28)(H,27,29)/t20-/m1/s1. The van der Waals surface area contributed by atoms with Gasteiger partial charge in [-0.2, -0.15) is 0 Å². The number of nitrogens with one attached hydrogen (secondary N) is 2.